The highest BCUT2D eigenvalue weighted by Gasteiger charge is 2.41. The molecular weight excluding hydrogens is 1080 g/mol. The predicted octanol–water partition coefficient (Wildman–Crippen LogP) is 2.31. The largest absolute Gasteiger partial charge is 0.507 e. The van der Waals surface area contributed by atoms with Gasteiger partial charge in [0.15, 0.2) is 11.8 Å². The van der Waals surface area contributed by atoms with Gasteiger partial charge in [-0.15, -0.1) is 0 Å². The number of hydrazone groups is 1. The van der Waals surface area contributed by atoms with Crippen molar-refractivity contribution >= 4 is 124 Å². The van der Waals surface area contributed by atoms with Crippen LogP contribution in [0.5, 0.6) is 23.0 Å². The highest BCUT2D eigenvalue weighted by molar-refractivity contribution is 7.87. The van der Waals surface area contributed by atoms with Crippen molar-refractivity contribution in [1.82, 2.24) is 5.43 Å². The van der Waals surface area contributed by atoms with E-state index in [0.29, 0.717) is 17.1 Å². The Labute approximate surface area is 410 Å². The minimum absolute atomic E-state index is 0.0256. The summed E-state index contributed by atoms with van der Waals surface area (Å²) < 4.78 is 183. The first kappa shape index (κ1) is 53.0. The Morgan fingerprint density at radius 3 is 1.63 bits per heavy atom. The molecule has 0 bridgehead atoms. The second-order valence-corrected chi connectivity index (χ2v) is 21.9. The van der Waals surface area contributed by atoms with Crippen molar-refractivity contribution in [2.24, 2.45) is 5.10 Å². The van der Waals surface area contributed by atoms with E-state index in [1.54, 1.807) is 0 Å². The molecule has 30 nitrogen and oxygen atoms in total. The minimum atomic E-state index is -5.50. The number of phenols is 2. The SMILES string of the molecule is COc1cc(NNc2cc(S(=O)(=O)O)cc3cc(S(=O)(=O)O)cc(O)c23)c(OC)cc1NNc1c(S(=O)(=O)O)cc2c(S(=O)(=O)O)c(NNC3C(=O)N(c4ccc(S(=O)(=O)O)cc4)N=C3C(=O)O)ccc2c1O. The molecule has 1 aliphatic rings. The Bertz CT molecular complexity index is 3950. The van der Waals surface area contributed by atoms with Crippen molar-refractivity contribution < 1.29 is 99.2 Å². The molecule has 6 aromatic carbocycles. The minimum Gasteiger partial charge on any atom is -0.507 e. The van der Waals surface area contributed by atoms with E-state index in [0.717, 1.165) is 61.7 Å². The first-order chi connectivity index (χ1) is 33.8. The molecule has 1 amide bonds. The van der Waals surface area contributed by atoms with E-state index in [2.05, 4.69) is 37.7 Å². The third-order valence-electron chi connectivity index (χ3n) is 10.4. The molecule has 0 spiro atoms. The number of aliphatic carboxylic acids is 1. The Balaban J connectivity index is 1.20. The molecule has 6 aromatic rings. The molecule has 35 heteroatoms. The molecule has 388 valence electrons. The number of amides is 1. The van der Waals surface area contributed by atoms with Crippen LogP contribution in [0.3, 0.4) is 0 Å². The van der Waals surface area contributed by atoms with Crippen LogP contribution in [0.4, 0.5) is 34.1 Å². The number of anilines is 6. The van der Waals surface area contributed by atoms with Gasteiger partial charge in [-0.3, -0.25) is 49.3 Å². The maximum absolute atomic E-state index is 13.4. The van der Waals surface area contributed by atoms with Crippen LogP contribution < -0.4 is 47.0 Å². The van der Waals surface area contributed by atoms with Crippen molar-refractivity contribution in [1.29, 1.82) is 0 Å². The standard InChI is InChI=1S/C38H34N8O22S5/c1-67-28-15-25(29(68-2)14-24(28)40-42-26-11-19(70(55,56)57)9-16-10-20(71(58,59)60)12-27(47)31(16)26)41-43-32-30(72(61,62)63)13-22-21(35(32)48)7-8-23(36(22)73(64,65)66)39-44-33-34(38(50)51)45-46(37(33)49)17-3-5-18(6-4-17)69(52,53)54/h3-15,33,39-44,47-48H,1-2H3,(H,50,51)(H,52,53,54)(H,55,56,57)(H,58,59,60)(H,61,62,63)(H,64,65,66). The van der Waals surface area contributed by atoms with E-state index in [1.165, 1.54) is 19.2 Å². The summed E-state index contributed by atoms with van der Waals surface area (Å²) in [6.45, 7) is 0. The van der Waals surface area contributed by atoms with Crippen LogP contribution in [0.2, 0.25) is 0 Å². The summed E-state index contributed by atoms with van der Waals surface area (Å²) in [5.41, 5.74) is 11.7. The van der Waals surface area contributed by atoms with Crippen molar-refractivity contribution in [2.45, 2.75) is 30.5 Å². The van der Waals surface area contributed by atoms with Crippen LogP contribution in [0.25, 0.3) is 21.5 Å². The monoisotopic (exact) mass is 1110 g/mol. The van der Waals surface area contributed by atoms with Crippen LogP contribution in [0.15, 0.2) is 108 Å². The number of rotatable bonds is 18. The molecule has 1 unspecified atom stereocenters. The van der Waals surface area contributed by atoms with Crippen molar-refractivity contribution in [3.63, 3.8) is 0 Å². The number of hydrogen-bond acceptors (Lipinski definition) is 23. The summed E-state index contributed by atoms with van der Waals surface area (Å²) in [6.07, 6.45) is 0. The lowest BCUT2D eigenvalue weighted by Crippen LogP contribution is -2.48. The zero-order valence-corrected chi connectivity index (χ0v) is 40.4. The fraction of sp³-hybridized carbons (Fsp3) is 0.0789. The summed E-state index contributed by atoms with van der Waals surface area (Å²) in [5.74, 6) is -4.97. The van der Waals surface area contributed by atoms with Gasteiger partial charge in [0.25, 0.3) is 56.5 Å². The van der Waals surface area contributed by atoms with Gasteiger partial charge in [-0.2, -0.15) is 52.2 Å². The van der Waals surface area contributed by atoms with Gasteiger partial charge < -0.3 is 30.2 Å². The molecule has 0 aromatic heterocycles. The van der Waals surface area contributed by atoms with Gasteiger partial charge in [-0.05, 0) is 66.0 Å². The maximum atomic E-state index is 13.4. The molecule has 1 atom stereocenters. The van der Waals surface area contributed by atoms with Crippen LogP contribution in [-0.2, 0) is 60.2 Å². The zero-order chi connectivity index (χ0) is 53.9. The maximum Gasteiger partial charge on any atom is 0.354 e. The Hall–Kier alpha value is -7.84. The number of hydrogen-bond donors (Lipinski definition) is 14. The topological polar surface area (TPSA) is 473 Å². The summed E-state index contributed by atoms with van der Waals surface area (Å²) >= 11 is 0. The van der Waals surface area contributed by atoms with E-state index in [1.807, 2.05) is 0 Å². The number of fused-ring (bicyclic) bond motifs is 2. The molecule has 0 saturated heterocycles. The summed E-state index contributed by atoms with van der Waals surface area (Å²) in [7, 11) is -23.2. The summed E-state index contributed by atoms with van der Waals surface area (Å²) in [4.78, 5) is 21.0. The molecule has 0 saturated carbocycles. The number of carbonyl (C=O) groups is 2. The highest BCUT2D eigenvalue weighted by atomic mass is 32.2. The van der Waals surface area contributed by atoms with Crippen molar-refractivity contribution in [3.8, 4) is 23.0 Å². The molecule has 1 aliphatic heterocycles. The number of ether oxygens (including phenoxy) is 2. The molecule has 0 aliphatic carbocycles. The fourth-order valence-electron chi connectivity index (χ4n) is 7.14. The molecule has 1 heterocycles. The second-order valence-electron chi connectivity index (χ2n) is 14.9. The zero-order valence-electron chi connectivity index (χ0n) is 36.3. The number of nitrogens with zero attached hydrogens (tertiary/aromatic N) is 2. The normalized spacial score (nSPS) is 14.5. The fourth-order valence-corrected chi connectivity index (χ4v) is 10.2. The van der Waals surface area contributed by atoms with Crippen molar-refractivity contribution in [2.75, 3.05) is 46.4 Å². The lowest BCUT2D eigenvalue weighted by molar-refractivity contribution is -0.130. The second kappa shape index (κ2) is 19.0. The number of carbonyl (C=O) groups excluding carboxylic acids is 1. The molecular formula is C38H34N8O22S5. The van der Waals surface area contributed by atoms with Gasteiger partial charge in [-0.25, -0.2) is 10.2 Å². The molecule has 7 rings (SSSR count). The molecule has 0 fully saturated rings. The first-order valence-corrected chi connectivity index (χ1v) is 26.6. The Morgan fingerprint density at radius 1 is 0.589 bits per heavy atom. The van der Waals surface area contributed by atoms with E-state index >= 15 is 0 Å². The summed E-state index contributed by atoms with van der Waals surface area (Å²) in [5, 5.41) is 34.5. The van der Waals surface area contributed by atoms with Crippen LogP contribution in [0.1, 0.15) is 0 Å². The number of methoxy groups -OCH3 is 2. The number of carboxylic acids is 1. The van der Waals surface area contributed by atoms with Crippen LogP contribution in [0, 0.1) is 0 Å². The predicted molar refractivity (Wildman–Crippen MR) is 254 cm³/mol. The third-order valence-corrected chi connectivity index (χ3v) is 14.7. The molecule has 0 radical (unpaired) electrons. The van der Waals surface area contributed by atoms with E-state index in [4.69, 9.17) is 9.47 Å². The van der Waals surface area contributed by atoms with Gasteiger partial charge in [-0.1, -0.05) is 0 Å². The molecule has 14 N–H and O–H groups in total. The highest BCUT2D eigenvalue weighted by Crippen LogP contribution is 2.44. The number of benzene rings is 6. The number of aromatic hydroxyl groups is 2. The number of carboxylic acid groups (broad SMARTS) is 1. The number of phenolic OH excluding ortho intramolecular Hbond substituents is 2. The first-order valence-electron chi connectivity index (χ1n) is 19.4. The lowest BCUT2D eigenvalue weighted by Gasteiger charge is -2.21. The van der Waals surface area contributed by atoms with Gasteiger partial charge in [0.2, 0.25) is 0 Å². The average molecular weight is 1120 g/mol. The van der Waals surface area contributed by atoms with Gasteiger partial charge in [0, 0.05) is 34.4 Å². The van der Waals surface area contributed by atoms with Gasteiger partial charge in [0.05, 0.1) is 57.3 Å². The average Bonchev–Trinajstić information content (AvgIpc) is 3.63. The lowest BCUT2D eigenvalue weighted by atomic mass is 10.1. The summed E-state index contributed by atoms with van der Waals surface area (Å²) in [6, 6.07) is 9.80. The van der Waals surface area contributed by atoms with Crippen LogP contribution >= 0.6 is 0 Å². The Kier molecular flexibility index (Phi) is 13.8. The van der Waals surface area contributed by atoms with E-state index < -0.39 is 132 Å². The van der Waals surface area contributed by atoms with Crippen molar-refractivity contribution in [3.05, 3.63) is 78.9 Å². The molecule has 73 heavy (non-hydrogen) atoms. The quantitative estimate of drug-likeness (QED) is 0.0333. The van der Waals surface area contributed by atoms with E-state index in [9.17, 15) is 89.8 Å². The Morgan fingerprint density at radius 2 is 1.12 bits per heavy atom. The third kappa shape index (κ3) is 10.7. The van der Waals surface area contributed by atoms with Gasteiger partial charge in [0.1, 0.15) is 38.5 Å². The van der Waals surface area contributed by atoms with E-state index in [-0.39, 0.29) is 45.0 Å². The van der Waals surface area contributed by atoms with Crippen LogP contribution in [-0.4, -0.2) is 118 Å². The van der Waals surface area contributed by atoms with Gasteiger partial charge >= 0.3 is 5.97 Å². The number of nitrogens with one attached hydrogen (secondary N) is 6. The smallest absolute Gasteiger partial charge is 0.354 e. The number of hydrazine groups is 3.